The number of carbonyl (C=O) groups excluding carboxylic acids is 1. The van der Waals surface area contributed by atoms with Gasteiger partial charge in [0.05, 0.1) is 11.5 Å². The van der Waals surface area contributed by atoms with Crippen LogP contribution in [-0.2, 0) is 16.0 Å². The molecule has 6 heteroatoms. The molecule has 1 aromatic carbocycles. The van der Waals surface area contributed by atoms with E-state index in [1.807, 2.05) is 0 Å². The third-order valence-corrected chi connectivity index (χ3v) is 3.00. The number of amides is 1. The molecule has 0 aliphatic heterocycles. The van der Waals surface area contributed by atoms with Crippen LogP contribution in [0.15, 0.2) is 24.3 Å². The molecular formula is C12H14FNO3S. The van der Waals surface area contributed by atoms with Crippen molar-refractivity contribution >= 4 is 23.6 Å². The van der Waals surface area contributed by atoms with E-state index in [0.29, 0.717) is 13.0 Å². The number of aliphatic carboxylic acids is 1. The van der Waals surface area contributed by atoms with E-state index in [-0.39, 0.29) is 23.2 Å². The van der Waals surface area contributed by atoms with Crippen molar-refractivity contribution in [1.82, 2.24) is 5.32 Å². The number of carbonyl (C=O) groups is 2. The SMILES string of the molecule is O=C(O)CSCC(=O)NCCc1cccc(F)c1. The highest BCUT2D eigenvalue weighted by atomic mass is 32.2. The van der Waals surface area contributed by atoms with E-state index in [9.17, 15) is 14.0 Å². The number of thioether (sulfide) groups is 1. The average Bonchev–Trinajstić information content (AvgIpc) is 2.28. The number of hydrogen-bond donors (Lipinski definition) is 2. The van der Waals surface area contributed by atoms with Crippen molar-refractivity contribution in [1.29, 1.82) is 0 Å². The lowest BCUT2D eigenvalue weighted by Crippen LogP contribution is -2.27. The molecule has 0 spiro atoms. The third-order valence-electron chi connectivity index (χ3n) is 2.08. The minimum atomic E-state index is -0.937. The summed E-state index contributed by atoms with van der Waals surface area (Å²) in [5.41, 5.74) is 0.813. The summed E-state index contributed by atoms with van der Waals surface area (Å²) in [4.78, 5) is 21.5. The monoisotopic (exact) mass is 271 g/mol. The summed E-state index contributed by atoms with van der Waals surface area (Å²) in [6.07, 6.45) is 0.549. The first-order chi connectivity index (χ1) is 8.58. The molecule has 18 heavy (non-hydrogen) atoms. The van der Waals surface area contributed by atoms with Gasteiger partial charge < -0.3 is 10.4 Å². The third kappa shape index (κ3) is 6.24. The average molecular weight is 271 g/mol. The van der Waals surface area contributed by atoms with Crippen LogP contribution in [0.2, 0.25) is 0 Å². The second kappa shape index (κ2) is 7.71. The molecule has 0 aliphatic carbocycles. The van der Waals surface area contributed by atoms with Gasteiger partial charge in [-0.25, -0.2) is 4.39 Å². The molecule has 0 radical (unpaired) electrons. The van der Waals surface area contributed by atoms with Crippen molar-refractivity contribution in [2.75, 3.05) is 18.1 Å². The highest BCUT2D eigenvalue weighted by molar-refractivity contribution is 8.00. The van der Waals surface area contributed by atoms with Crippen molar-refractivity contribution in [2.24, 2.45) is 0 Å². The van der Waals surface area contributed by atoms with E-state index in [2.05, 4.69) is 5.32 Å². The quantitative estimate of drug-likeness (QED) is 0.784. The standard InChI is InChI=1S/C12H14FNO3S/c13-10-3-1-2-9(6-10)4-5-14-11(15)7-18-8-12(16)17/h1-3,6H,4-5,7-8H2,(H,14,15)(H,16,17). The van der Waals surface area contributed by atoms with Crippen LogP contribution in [0, 0.1) is 5.82 Å². The normalized spacial score (nSPS) is 10.1. The lowest BCUT2D eigenvalue weighted by molar-refractivity contribution is -0.133. The first-order valence-electron chi connectivity index (χ1n) is 5.38. The van der Waals surface area contributed by atoms with Gasteiger partial charge in [-0.1, -0.05) is 12.1 Å². The van der Waals surface area contributed by atoms with E-state index in [0.717, 1.165) is 17.3 Å². The zero-order chi connectivity index (χ0) is 13.4. The number of benzene rings is 1. The first-order valence-corrected chi connectivity index (χ1v) is 6.54. The molecule has 0 unspecified atom stereocenters. The Balaban J connectivity index is 2.17. The maximum atomic E-state index is 12.8. The molecule has 0 saturated heterocycles. The van der Waals surface area contributed by atoms with Crippen molar-refractivity contribution in [2.45, 2.75) is 6.42 Å². The van der Waals surface area contributed by atoms with Crippen molar-refractivity contribution in [3.05, 3.63) is 35.6 Å². The van der Waals surface area contributed by atoms with E-state index >= 15 is 0 Å². The minimum absolute atomic E-state index is 0.0860. The summed E-state index contributed by atoms with van der Waals surface area (Å²) < 4.78 is 12.8. The Morgan fingerprint density at radius 2 is 2.11 bits per heavy atom. The molecule has 1 rings (SSSR count). The fraction of sp³-hybridized carbons (Fsp3) is 0.333. The van der Waals surface area contributed by atoms with Crippen LogP contribution < -0.4 is 5.32 Å². The zero-order valence-electron chi connectivity index (χ0n) is 9.69. The van der Waals surface area contributed by atoms with Crippen LogP contribution in [0.3, 0.4) is 0 Å². The van der Waals surface area contributed by atoms with Gasteiger partial charge in [-0.05, 0) is 24.1 Å². The van der Waals surface area contributed by atoms with Gasteiger partial charge in [0.15, 0.2) is 0 Å². The molecule has 0 saturated carbocycles. The van der Waals surface area contributed by atoms with Gasteiger partial charge in [0, 0.05) is 6.54 Å². The van der Waals surface area contributed by atoms with Gasteiger partial charge >= 0.3 is 5.97 Å². The summed E-state index contributed by atoms with van der Waals surface area (Å²) in [7, 11) is 0. The molecule has 98 valence electrons. The highest BCUT2D eigenvalue weighted by Crippen LogP contribution is 2.03. The number of rotatable bonds is 7. The maximum absolute atomic E-state index is 12.8. The largest absolute Gasteiger partial charge is 0.481 e. The second-order valence-electron chi connectivity index (χ2n) is 3.62. The number of hydrogen-bond acceptors (Lipinski definition) is 3. The number of carboxylic acid groups (broad SMARTS) is 1. The summed E-state index contributed by atoms with van der Waals surface area (Å²) in [5.74, 6) is -1.41. The first kappa shape index (κ1) is 14.5. The summed E-state index contributed by atoms with van der Waals surface area (Å²) in [6, 6.07) is 6.19. The smallest absolute Gasteiger partial charge is 0.313 e. The number of nitrogens with one attached hydrogen (secondary N) is 1. The Bertz CT molecular complexity index is 426. The molecule has 0 aliphatic rings. The van der Waals surface area contributed by atoms with Crippen LogP contribution in [-0.4, -0.2) is 35.0 Å². The Morgan fingerprint density at radius 1 is 1.33 bits per heavy atom. The summed E-state index contributed by atoms with van der Waals surface area (Å²) >= 11 is 1.05. The molecule has 0 bridgehead atoms. The molecule has 0 fully saturated rings. The van der Waals surface area contributed by atoms with Crippen LogP contribution >= 0.6 is 11.8 Å². The summed E-state index contributed by atoms with van der Waals surface area (Å²) in [5, 5.41) is 11.0. The zero-order valence-corrected chi connectivity index (χ0v) is 10.5. The lowest BCUT2D eigenvalue weighted by atomic mass is 10.1. The van der Waals surface area contributed by atoms with Crippen LogP contribution in [0.4, 0.5) is 4.39 Å². The second-order valence-corrected chi connectivity index (χ2v) is 4.60. The van der Waals surface area contributed by atoms with Crippen molar-refractivity contribution in [3.8, 4) is 0 Å². The molecule has 0 aromatic heterocycles. The highest BCUT2D eigenvalue weighted by Gasteiger charge is 2.03. The molecule has 1 amide bonds. The Morgan fingerprint density at radius 3 is 2.78 bits per heavy atom. The predicted octanol–water partition coefficient (Wildman–Crippen LogP) is 1.30. The maximum Gasteiger partial charge on any atom is 0.313 e. The van der Waals surface area contributed by atoms with Gasteiger partial charge in [0.1, 0.15) is 5.82 Å². The fourth-order valence-corrected chi connectivity index (χ4v) is 1.88. The number of carboxylic acids is 1. The summed E-state index contributed by atoms with van der Waals surface area (Å²) in [6.45, 7) is 0.413. The van der Waals surface area contributed by atoms with Crippen LogP contribution in [0.25, 0.3) is 0 Å². The van der Waals surface area contributed by atoms with E-state index < -0.39 is 5.97 Å². The van der Waals surface area contributed by atoms with Gasteiger partial charge in [-0.15, -0.1) is 11.8 Å². The van der Waals surface area contributed by atoms with E-state index in [4.69, 9.17) is 5.11 Å². The molecule has 1 aromatic rings. The molecular weight excluding hydrogens is 257 g/mol. The predicted molar refractivity (Wildman–Crippen MR) is 68.1 cm³/mol. The van der Waals surface area contributed by atoms with Crippen LogP contribution in [0.1, 0.15) is 5.56 Å². The Labute approximate surface area is 109 Å². The number of halogens is 1. The van der Waals surface area contributed by atoms with Crippen LogP contribution in [0.5, 0.6) is 0 Å². The topological polar surface area (TPSA) is 66.4 Å². The van der Waals surface area contributed by atoms with E-state index in [1.54, 1.807) is 12.1 Å². The van der Waals surface area contributed by atoms with Gasteiger partial charge in [0.25, 0.3) is 0 Å². The molecule has 0 atom stereocenters. The van der Waals surface area contributed by atoms with Gasteiger partial charge in [-0.3, -0.25) is 9.59 Å². The van der Waals surface area contributed by atoms with Crippen molar-refractivity contribution < 1.29 is 19.1 Å². The molecule has 4 nitrogen and oxygen atoms in total. The van der Waals surface area contributed by atoms with Gasteiger partial charge in [0.2, 0.25) is 5.91 Å². The van der Waals surface area contributed by atoms with Gasteiger partial charge in [-0.2, -0.15) is 0 Å². The molecule has 0 heterocycles. The Hall–Kier alpha value is -1.56. The minimum Gasteiger partial charge on any atom is -0.481 e. The van der Waals surface area contributed by atoms with E-state index in [1.165, 1.54) is 12.1 Å². The molecule has 2 N–H and O–H groups in total. The van der Waals surface area contributed by atoms with Crippen molar-refractivity contribution in [3.63, 3.8) is 0 Å². The Kier molecular flexibility index (Phi) is 6.21. The lowest BCUT2D eigenvalue weighted by Gasteiger charge is -2.04. The fourth-order valence-electron chi connectivity index (χ4n) is 1.32.